The molecule has 0 spiro atoms. The molecule has 3 aromatic rings. The number of rotatable bonds is 9. The molecule has 1 aliphatic rings. The summed E-state index contributed by atoms with van der Waals surface area (Å²) in [6.45, 7) is 1.97. The fourth-order valence-electron chi connectivity index (χ4n) is 5.08. The smallest absolute Gasteiger partial charge is 0.252 e. The average molecular weight is 491 g/mol. The van der Waals surface area contributed by atoms with E-state index in [1.807, 2.05) is 37.3 Å². The highest BCUT2D eigenvalue weighted by Crippen LogP contribution is 2.49. The van der Waals surface area contributed by atoms with Crippen molar-refractivity contribution in [1.82, 2.24) is 10.3 Å². The quantitative estimate of drug-likeness (QED) is 0.435. The number of pyridine rings is 1. The van der Waals surface area contributed by atoms with Crippen LogP contribution < -0.4 is 24.3 Å². The summed E-state index contributed by atoms with van der Waals surface area (Å²) in [7, 11) is 6.37. The van der Waals surface area contributed by atoms with Gasteiger partial charge >= 0.3 is 0 Å². The van der Waals surface area contributed by atoms with Crippen molar-refractivity contribution in [2.45, 2.75) is 45.1 Å². The predicted octanol–water partition coefficient (Wildman–Crippen LogP) is 5.35. The third-order valence-corrected chi connectivity index (χ3v) is 6.89. The van der Waals surface area contributed by atoms with Crippen LogP contribution in [0.3, 0.4) is 0 Å². The molecule has 7 nitrogen and oxygen atoms in total. The van der Waals surface area contributed by atoms with Crippen LogP contribution in [0.5, 0.6) is 23.0 Å². The summed E-state index contributed by atoms with van der Waals surface area (Å²) in [4.78, 5) is 17.6. The topological polar surface area (TPSA) is 78.9 Å². The Morgan fingerprint density at radius 2 is 1.50 bits per heavy atom. The van der Waals surface area contributed by atoms with Gasteiger partial charge in [0.1, 0.15) is 0 Å². The Labute approximate surface area is 212 Å². The van der Waals surface area contributed by atoms with Gasteiger partial charge < -0.3 is 24.3 Å². The number of carbonyl (C=O) groups excluding carboxylic acids is 1. The number of carbonyl (C=O) groups is 1. The van der Waals surface area contributed by atoms with Crippen molar-refractivity contribution in [3.8, 4) is 34.1 Å². The van der Waals surface area contributed by atoms with Gasteiger partial charge in [0.05, 0.1) is 28.4 Å². The lowest BCUT2D eigenvalue weighted by molar-refractivity contribution is 0.0938. The first-order chi connectivity index (χ1) is 17.5. The van der Waals surface area contributed by atoms with Gasteiger partial charge in [0.25, 0.3) is 5.91 Å². The SMILES string of the molecule is COc1c(C)c(Cc2ccc(-c3ccncc3)c(C(=O)NC3CCCC3)c2)c(OC)c(OC)c1OC. The number of aromatic nitrogens is 1. The molecule has 1 aliphatic carbocycles. The first-order valence-corrected chi connectivity index (χ1v) is 12.2. The van der Waals surface area contributed by atoms with E-state index in [0.29, 0.717) is 35.0 Å². The number of hydrogen-bond donors (Lipinski definition) is 1. The van der Waals surface area contributed by atoms with Crippen LogP contribution in [0.15, 0.2) is 42.7 Å². The lowest BCUT2D eigenvalue weighted by Gasteiger charge is -2.22. The van der Waals surface area contributed by atoms with Crippen LogP contribution in [-0.4, -0.2) is 45.4 Å². The Hall–Kier alpha value is -3.74. The van der Waals surface area contributed by atoms with Gasteiger partial charge in [-0.1, -0.05) is 25.0 Å². The van der Waals surface area contributed by atoms with Crippen LogP contribution in [0.25, 0.3) is 11.1 Å². The lowest BCUT2D eigenvalue weighted by atomic mass is 9.92. The molecule has 1 N–H and O–H groups in total. The van der Waals surface area contributed by atoms with Crippen molar-refractivity contribution in [2.24, 2.45) is 0 Å². The summed E-state index contributed by atoms with van der Waals surface area (Å²) in [5, 5.41) is 3.25. The van der Waals surface area contributed by atoms with Crippen molar-refractivity contribution in [2.75, 3.05) is 28.4 Å². The van der Waals surface area contributed by atoms with E-state index in [2.05, 4.69) is 10.3 Å². The molecule has 7 heteroatoms. The average Bonchev–Trinajstić information content (AvgIpc) is 3.42. The summed E-state index contributed by atoms with van der Waals surface area (Å²) in [5.41, 5.74) is 5.25. The summed E-state index contributed by atoms with van der Waals surface area (Å²) in [6, 6.07) is 10.1. The first-order valence-electron chi connectivity index (χ1n) is 12.2. The van der Waals surface area contributed by atoms with Crippen LogP contribution >= 0.6 is 0 Å². The predicted molar refractivity (Wildman–Crippen MR) is 140 cm³/mol. The minimum Gasteiger partial charge on any atom is -0.492 e. The highest BCUT2D eigenvalue weighted by molar-refractivity contribution is 6.01. The third-order valence-electron chi connectivity index (χ3n) is 6.89. The number of methoxy groups -OCH3 is 4. The minimum atomic E-state index is -0.0517. The van der Waals surface area contributed by atoms with Gasteiger partial charge in [-0.15, -0.1) is 0 Å². The molecule has 0 aliphatic heterocycles. The molecular weight excluding hydrogens is 456 g/mol. The molecular formula is C29H34N2O5. The number of hydrogen-bond acceptors (Lipinski definition) is 6. The molecule has 4 rings (SSSR count). The molecule has 1 aromatic heterocycles. The summed E-state index contributed by atoms with van der Waals surface area (Å²) >= 11 is 0. The first kappa shape index (κ1) is 25.4. The van der Waals surface area contributed by atoms with E-state index in [-0.39, 0.29) is 11.9 Å². The van der Waals surface area contributed by atoms with Crippen molar-refractivity contribution >= 4 is 5.91 Å². The van der Waals surface area contributed by atoms with Gasteiger partial charge in [-0.05, 0) is 54.7 Å². The maximum atomic E-state index is 13.5. The number of amides is 1. The summed E-state index contributed by atoms with van der Waals surface area (Å²) < 4.78 is 22.7. The maximum absolute atomic E-state index is 13.5. The van der Waals surface area contributed by atoms with Crippen LogP contribution in [0.4, 0.5) is 0 Å². The van der Waals surface area contributed by atoms with E-state index >= 15 is 0 Å². The summed E-state index contributed by atoms with van der Waals surface area (Å²) in [5.74, 6) is 2.09. The molecule has 1 fully saturated rings. The fraction of sp³-hybridized carbons (Fsp3) is 0.379. The molecule has 0 saturated heterocycles. The molecule has 2 aromatic carbocycles. The maximum Gasteiger partial charge on any atom is 0.252 e. The Kier molecular flexibility index (Phi) is 7.98. The molecule has 190 valence electrons. The number of benzene rings is 2. The second kappa shape index (κ2) is 11.3. The Morgan fingerprint density at radius 1 is 0.889 bits per heavy atom. The van der Waals surface area contributed by atoms with Crippen molar-refractivity contribution in [3.05, 3.63) is 65.0 Å². The molecule has 0 atom stereocenters. The lowest BCUT2D eigenvalue weighted by Crippen LogP contribution is -2.33. The summed E-state index contributed by atoms with van der Waals surface area (Å²) in [6.07, 6.45) is 8.37. The van der Waals surface area contributed by atoms with Crippen LogP contribution in [0, 0.1) is 6.92 Å². The normalized spacial score (nSPS) is 13.4. The molecule has 0 bridgehead atoms. The second-order valence-corrected chi connectivity index (χ2v) is 8.98. The second-order valence-electron chi connectivity index (χ2n) is 8.98. The Balaban J connectivity index is 1.79. The Morgan fingerprint density at radius 3 is 2.11 bits per heavy atom. The van der Waals surface area contributed by atoms with Gasteiger partial charge in [-0.2, -0.15) is 0 Å². The number of nitrogens with zero attached hydrogens (tertiary/aromatic N) is 1. The van der Waals surface area contributed by atoms with Gasteiger partial charge in [0, 0.05) is 41.5 Å². The fourth-order valence-corrected chi connectivity index (χ4v) is 5.08. The van der Waals surface area contributed by atoms with Crippen LogP contribution in [-0.2, 0) is 6.42 Å². The third kappa shape index (κ3) is 4.96. The van der Waals surface area contributed by atoms with Gasteiger partial charge in [0.15, 0.2) is 11.5 Å². The number of ether oxygens (including phenoxy) is 4. The van der Waals surface area contributed by atoms with E-state index in [0.717, 1.165) is 53.5 Å². The standard InChI is InChI=1S/C29H34N2O5/c1-18-23(26(34-3)28(36-5)27(35-4)25(18)33-2)16-19-10-11-22(20-12-14-30-15-13-20)24(17-19)29(32)31-21-8-6-7-9-21/h10-15,17,21H,6-9,16H2,1-5H3,(H,31,32). The van der Waals surface area contributed by atoms with Crippen molar-refractivity contribution in [3.63, 3.8) is 0 Å². The highest BCUT2D eigenvalue weighted by atomic mass is 16.5. The van der Waals surface area contributed by atoms with Crippen molar-refractivity contribution in [1.29, 1.82) is 0 Å². The largest absolute Gasteiger partial charge is 0.492 e. The molecule has 36 heavy (non-hydrogen) atoms. The zero-order chi connectivity index (χ0) is 25.7. The van der Waals surface area contributed by atoms with Gasteiger partial charge in [0.2, 0.25) is 11.5 Å². The Bertz CT molecular complexity index is 1220. The monoisotopic (exact) mass is 490 g/mol. The highest BCUT2D eigenvalue weighted by Gasteiger charge is 2.26. The number of nitrogens with one attached hydrogen (secondary N) is 1. The molecule has 1 heterocycles. The molecule has 0 unspecified atom stereocenters. The van der Waals surface area contributed by atoms with Crippen LogP contribution in [0.1, 0.15) is 52.7 Å². The van der Waals surface area contributed by atoms with E-state index in [4.69, 9.17) is 18.9 Å². The minimum absolute atomic E-state index is 0.0517. The van der Waals surface area contributed by atoms with E-state index < -0.39 is 0 Å². The van der Waals surface area contributed by atoms with Crippen molar-refractivity contribution < 1.29 is 23.7 Å². The molecule has 1 amide bonds. The van der Waals surface area contributed by atoms with E-state index in [1.54, 1.807) is 40.8 Å². The molecule has 0 radical (unpaired) electrons. The van der Waals surface area contributed by atoms with Gasteiger partial charge in [-0.25, -0.2) is 0 Å². The van der Waals surface area contributed by atoms with Crippen LogP contribution in [0.2, 0.25) is 0 Å². The van der Waals surface area contributed by atoms with E-state index in [1.165, 1.54) is 0 Å². The zero-order valence-electron chi connectivity index (χ0n) is 21.6. The zero-order valence-corrected chi connectivity index (χ0v) is 21.6. The van der Waals surface area contributed by atoms with Gasteiger partial charge in [-0.3, -0.25) is 9.78 Å². The molecule has 1 saturated carbocycles. The van der Waals surface area contributed by atoms with E-state index in [9.17, 15) is 4.79 Å².